The standard InChI is InChI=1S/C10H13N5/c1-7-8(10-12-4-5-15(10)3)13-6-14-9(7)11-2/h4-6H,1-3H3,(H,11,13,14). The smallest absolute Gasteiger partial charge is 0.158 e. The predicted octanol–water partition coefficient (Wildman–Crippen LogP) is 1.23. The van der Waals surface area contributed by atoms with Gasteiger partial charge in [-0.2, -0.15) is 0 Å². The van der Waals surface area contributed by atoms with Gasteiger partial charge in [0, 0.05) is 32.1 Å². The average molecular weight is 203 g/mol. The van der Waals surface area contributed by atoms with Crippen LogP contribution in [0.3, 0.4) is 0 Å². The number of nitrogens with one attached hydrogen (secondary N) is 1. The number of rotatable bonds is 2. The number of nitrogens with zero attached hydrogens (tertiary/aromatic N) is 4. The van der Waals surface area contributed by atoms with Gasteiger partial charge in [-0.15, -0.1) is 0 Å². The van der Waals surface area contributed by atoms with Gasteiger partial charge in [0.1, 0.15) is 17.8 Å². The van der Waals surface area contributed by atoms with Crippen molar-refractivity contribution in [1.29, 1.82) is 0 Å². The zero-order valence-electron chi connectivity index (χ0n) is 9.02. The summed E-state index contributed by atoms with van der Waals surface area (Å²) in [5, 5.41) is 3.03. The Balaban J connectivity index is 2.59. The summed E-state index contributed by atoms with van der Waals surface area (Å²) in [6, 6.07) is 0. The normalized spacial score (nSPS) is 10.3. The van der Waals surface area contributed by atoms with Crippen LogP contribution in [0.25, 0.3) is 11.5 Å². The second kappa shape index (κ2) is 3.68. The Morgan fingerprint density at radius 1 is 1.27 bits per heavy atom. The molecule has 0 fully saturated rings. The molecule has 2 aromatic rings. The first kappa shape index (κ1) is 9.64. The van der Waals surface area contributed by atoms with Gasteiger partial charge in [-0.1, -0.05) is 0 Å². The van der Waals surface area contributed by atoms with Crippen molar-refractivity contribution in [3.8, 4) is 11.5 Å². The van der Waals surface area contributed by atoms with Gasteiger partial charge in [0.15, 0.2) is 5.82 Å². The van der Waals surface area contributed by atoms with Crippen LogP contribution in [0.5, 0.6) is 0 Å². The molecule has 0 unspecified atom stereocenters. The lowest BCUT2D eigenvalue weighted by molar-refractivity contribution is 0.912. The molecule has 0 atom stereocenters. The maximum atomic E-state index is 4.27. The zero-order chi connectivity index (χ0) is 10.8. The monoisotopic (exact) mass is 203 g/mol. The first-order valence-electron chi connectivity index (χ1n) is 4.71. The summed E-state index contributed by atoms with van der Waals surface area (Å²) in [7, 11) is 3.79. The Bertz CT molecular complexity index is 474. The lowest BCUT2D eigenvalue weighted by Crippen LogP contribution is -2.02. The van der Waals surface area contributed by atoms with Gasteiger partial charge >= 0.3 is 0 Å². The summed E-state index contributed by atoms with van der Waals surface area (Å²) in [6.07, 6.45) is 5.20. The first-order valence-corrected chi connectivity index (χ1v) is 4.71. The quantitative estimate of drug-likeness (QED) is 0.797. The molecule has 0 saturated heterocycles. The number of hydrogen-bond acceptors (Lipinski definition) is 4. The molecule has 0 aromatic carbocycles. The van der Waals surface area contributed by atoms with E-state index in [4.69, 9.17) is 0 Å². The van der Waals surface area contributed by atoms with Crippen LogP contribution in [0.4, 0.5) is 5.82 Å². The molecule has 0 aliphatic heterocycles. The number of imidazole rings is 1. The molecular formula is C10H13N5. The summed E-state index contributed by atoms with van der Waals surface area (Å²) in [5.41, 5.74) is 1.87. The van der Waals surface area contributed by atoms with Gasteiger partial charge in [0.2, 0.25) is 0 Å². The molecule has 2 rings (SSSR count). The van der Waals surface area contributed by atoms with Crippen molar-refractivity contribution in [1.82, 2.24) is 19.5 Å². The molecule has 5 nitrogen and oxygen atoms in total. The van der Waals surface area contributed by atoms with Crippen LogP contribution in [0.1, 0.15) is 5.56 Å². The lowest BCUT2D eigenvalue weighted by Gasteiger charge is -2.08. The van der Waals surface area contributed by atoms with Crippen molar-refractivity contribution in [3.05, 3.63) is 24.3 Å². The third-order valence-electron chi connectivity index (χ3n) is 2.35. The highest BCUT2D eigenvalue weighted by Gasteiger charge is 2.11. The van der Waals surface area contributed by atoms with E-state index in [1.54, 1.807) is 12.5 Å². The summed E-state index contributed by atoms with van der Waals surface area (Å²) in [4.78, 5) is 12.7. The minimum absolute atomic E-state index is 0.836. The number of aryl methyl sites for hydroxylation is 1. The van der Waals surface area contributed by atoms with Crippen molar-refractivity contribution >= 4 is 5.82 Å². The molecule has 5 heteroatoms. The van der Waals surface area contributed by atoms with Crippen molar-refractivity contribution in [2.45, 2.75) is 6.92 Å². The highest BCUT2D eigenvalue weighted by molar-refractivity contribution is 5.62. The molecule has 2 aromatic heterocycles. The molecule has 0 spiro atoms. The van der Waals surface area contributed by atoms with Gasteiger partial charge in [-0.25, -0.2) is 15.0 Å². The second-order valence-electron chi connectivity index (χ2n) is 3.31. The third kappa shape index (κ3) is 1.56. The lowest BCUT2D eigenvalue weighted by atomic mass is 10.2. The third-order valence-corrected chi connectivity index (χ3v) is 2.35. The van der Waals surface area contributed by atoms with E-state index < -0.39 is 0 Å². The van der Waals surface area contributed by atoms with Crippen molar-refractivity contribution in [2.24, 2.45) is 7.05 Å². The van der Waals surface area contributed by atoms with Crippen molar-refractivity contribution in [2.75, 3.05) is 12.4 Å². The summed E-state index contributed by atoms with van der Waals surface area (Å²) in [6.45, 7) is 1.98. The molecule has 0 saturated carbocycles. The molecule has 0 radical (unpaired) electrons. The van der Waals surface area contributed by atoms with E-state index in [2.05, 4.69) is 20.3 Å². The van der Waals surface area contributed by atoms with E-state index in [9.17, 15) is 0 Å². The van der Waals surface area contributed by atoms with Gasteiger partial charge in [-0.3, -0.25) is 0 Å². The molecule has 78 valence electrons. The Kier molecular flexibility index (Phi) is 2.37. The molecule has 15 heavy (non-hydrogen) atoms. The highest BCUT2D eigenvalue weighted by atomic mass is 15.1. The average Bonchev–Trinajstić information content (AvgIpc) is 2.65. The minimum atomic E-state index is 0.836. The van der Waals surface area contributed by atoms with Crippen LogP contribution in [0.2, 0.25) is 0 Å². The first-order chi connectivity index (χ1) is 7.24. The molecule has 0 aliphatic carbocycles. The SMILES string of the molecule is CNc1ncnc(-c2nccn2C)c1C. The Morgan fingerprint density at radius 3 is 2.67 bits per heavy atom. The number of hydrogen-bond donors (Lipinski definition) is 1. The number of aromatic nitrogens is 4. The second-order valence-corrected chi connectivity index (χ2v) is 3.31. The van der Waals surface area contributed by atoms with Crippen LogP contribution in [-0.4, -0.2) is 26.6 Å². The van der Waals surface area contributed by atoms with Gasteiger partial charge < -0.3 is 9.88 Å². The zero-order valence-corrected chi connectivity index (χ0v) is 9.02. The van der Waals surface area contributed by atoms with E-state index in [0.29, 0.717) is 0 Å². The number of anilines is 1. The Morgan fingerprint density at radius 2 is 2.07 bits per heavy atom. The Labute approximate surface area is 88.2 Å². The van der Waals surface area contributed by atoms with Gasteiger partial charge in [-0.05, 0) is 6.92 Å². The maximum Gasteiger partial charge on any atom is 0.158 e. The van der Waals surface area contributed by atoms with Crippen molar-refractivity contribution < 1.29 is 0 Å². The van der Waals surface area contributed by atoms with E-state index >= 15 is 0 Å². The van der Waals surface area contributed by atoms with Crippen LogP contribution >= 0.6 is 0 Å². The fourth-order valence-electron chi connectivity index (χ4n) is 1.52. The van der Waals surface area contributed by atoms with Crippen LogP contribution in [-0.2, 0) is 7.05 Å². The van der Waals surface area contributed by atoms with Gasteiger partial charge in [0.25, 0.3) is 0 Å². The fourth-order valence-corrected chi connectivity index (χ4v) is 1.52. The maximum absolute atomic E-state index is 4.27. The van der Waals surface area contributed by atoms with E-state index in [0.717, 1.165) is 22.9 Å². The molecule has 2 heterocycles. The van der Waals surface area contributed by atoms with Gasteiger partial charge in [0.05, 0.1) is 0 Å². The largest absolute Gasteiger partial charge is 0.373 e. The molecule has 0 aliphatic rings. The van der Waals surface area contributed by atoms with E-state index in [-0.39, 0.29) is 0 Å². The topological polar surface area (TPSA) is 55.6 Å². The summed E-state index contributed by atoms with van der Waals surface area (Å²) < 4.78 is 1.94. The van der Waals surface area contributed by atoms with E-state index in [1.807, 2.05) is 31.8 Å². The molecule has 1 N–H and O–H groups in total. The van der Waals surface area contributed by atoms with Crippen LogP contribution in [0.15, 0.2) is 18.7 Å². The highest BCUT2D eigenvalue weighted by Crippen LogP contribution is 2.22. The fraction of sp³-hybridized carbons (Fsp3) is 0.300. The molecule has 0 amide bonds. The van der Waals surface area contributed by atoms with Crippen LogP contribution in [0, 0.1) is 6.92 Å². The van der Waals surface area contributed by atoms with Crippen molar-refractivity contribution in [3.63, 3.8) is 0 Å². The molecular weight excluding hydrogens is 190 g/mol. The summed E-state index contributed by atoms with van der Waals surface area (Å²) >= 11 is 0. The predicted molar refractivity (Wildman–Crippen MR) is 58.5 cm³/mol. The molecule has 0 bridgehead atoms. The van der Waals surface area contributed by atoms with E-state index in [1.165, 1.54) is 0 Å². The summed E-state index contributed by atoms with van der Waals surface area (Å²) in [5.74, 6) is 1.69. The van der Waals surface area contributed by atoms with Crippen LogP contribution < -0.4 is 5.32 Å². The Hall–Kier alpha value is -1.91. The minimum Gasteiger partial charge on any atom is -0.373 e.